The van der Waals surface area contributed by atoms with Gasteiger partial charge in [0.05, 0.1) is 5.54 Å². The molecule has 0 radical (unpaired) electrons. The molecule has 0 saturated carbocycles. The van der Waals surface area contributed by atoms with Gasteiger partial charge in [-0.3, -0.25) is 4.99 Å². The quantitative estimate of drug-likeness (QED) is 0.491. The molecular formula is C8H12N2. The fourth-order valence-corrected chi connectivity index (χ4v) is 1.71. The van der Waals surface area contributed by atoms with E-state index in [1.54, 1.807) is 0 Å². The molecule has 1 atom stereocenters. The van der Waals surface area contributed by atoms with Crippen molar-refractivity contribution in [3.05, 3.63) is 12.4 Å². The van der Waals surface area contributed by atoms with Gasteiger partial charge < -0.3 is 4.90 Å². The van der Waals surface area contributed by atoms with Crippen LogP contribution in [-0.2, 0) is 0 Å². The summed E-state index contributed by atoms with van der Waals surface area (Å²) in [5.74, 6) is 0. The van der Waals surface area contributed by atoms with Crippen LogP contribution in [0.25, 0.3) is 0 Å². The summed E-state index contributed by atoms with van der Waals surface area (Å²) in [5, 5.41) is 0. The normalized spacial score (nSPS) is 36.7. The van der Waals surface area contributed by atoms with Gasteiger partial charge in [-0.15, -0.1) is 0 Å². The number of fused-ring (bicyclic) bond motifs is 1. The second-order valence-electron chi connectivity index (χ2n) is 3.23. The zero-order valence-electron chi connectivity index (χ0n) is 6.25. The largest absolute Gasteiger partial charge is 0.366 e. The second kappa shape index (κ2) is 1.84. The molecule has 0 aromatic carbocycles. The number of rotatable bonds is 0. The van der Waals surface area contributed by atoms with Crippen LogP contribution in [0.15, 0.2) is 17.4 Å². The van der Waals surface area contributed by atoms with Gasteiger partial charge in [-0.2, -0.15) is 0 Å². The molecule has 0 aromatic heterocycles. The Morgan fingerprint density at radius 3 is 3.30 bits per heavy atom. The Bertz CT molecular complexity index is 195. The molecule has 0 N–H and O–H groups in total. The molecule has 1 fully saturated rings. The molecule has 1 unspecified atom stereocenters. The van der Waals surface area contributed by atoms with E-state index in [4.69, 9.17) is 0 Å². The van der Waals surface area contributed by atoms with Crippen molar-refractivity contribution in [3.8, 4) is 0 Å². The maximum Gasteiger partial charge on any atom is 0.0722 e. The fraction of sp³-hybridized carbons (Fsp3) is 0.625. The third-order valence-corrected chi connectivity index (χ3v) is 2.42. The molecule has 1 saturated heterocycles. The van der Waals surface area contributed by atoms with Crippen LogP contribution in [0.4, 0.5) is 0 Å². The zero-order chi connectivity index (χ0) is 7.03. The summed E-state index contributed by atoms with van der Waals surface area (Å²) in [6, 6.07) is 0. The first-order valence-electron chi connectivity index (χ1n) is 3.79. The van der Waals surface area contributed by atoms with Crippen molar-refractivity contribution in [3.63, 3.8) is 0 Å². The van der Waals surface area contributed by atoms with Crippen molar-refractivity contribution in [2.75, 3.05) is 6.54 Å². The highest BCUT2D eigenvalue weighted by Gasteiger charge is 2.33. The zero-order valence-corrected chi connectivity index (χ0v) is 6.25. The number of hydrogen-bond acceptors (Lipinski definition) is 2. The van der Waals surface area contributed by atoms with Gasteiger partial charge in [-0.25, -0.2) is 0 Å². The molecule has 0 bridgehead atoms. The summed E-state index contributed by atoms with van der Waals surface area (Å²) in [6.07, 6.45) is 8.56. The van der Waals surface area contributed by atoms with E-state index in [-0.39, 0.29) is 5.54 Å². The van der Waals surface area contributed by atoms with Gasteiger partial charge in [-0.1, -0.05) is 0 Å². The maximum absolute atomic E-state index is 4.14. The van der Waals surface area contributed by atoms with Crippen molar-refractivity contribution >= 4 is 6.21 Å². The van der Waals surface area contributed by atoms with E-state index in [2.05, 4.69) is 29.2 Å². The van der Waals surface area contributed by atoms with Crippen LogP contribution in [-0.4, -0.2) is 23.2 Å². The monoisotopic (exact) mass is 136 g/mol. The molecule has 2 aliphatic rings. The number of hydrogen-bond donors (Lipinski definition) is 0. The van der Waals surface area contributed by atoms with E-state index in [0.29, 0.717) is 0 Å². The second-order valence-corrected chi connectivity index (χ2v) is 3.23. The smallest absolute Gasteiger partial charge is 0.0722 e. The Labute approximate surface area is 61.2 Å². The molecule has 2 heteroatoms. The predicted molar refractivity (Wildman–Crippen MR) is 42.0 cm³/mol. The summed E-state index contributed by atoms with van der Waals surface area (Å²) in [4.78, 5) is 6.51. The van der Waals surface area contributed by atoms with Gasteiger partial charge in [0.15, 0.2) is 0 Å². The number of aliphatic imine (C=N–C) groups is 1. The minimum absolute atomic E-state index is 0.245. The van der Waals surface area contributed by atoms with Gasteiger partial charge in [0.25, 0.3) is 0 Å². The van der Waals surface area contributed by atoms with Crippen molar-refractivity contribution in [2.24, 2.45) is 4.99 Å². The Hall–Kier alpha value is -0.790. The van der Waals surface area contributed by atoms with Crippen molar-refractivity contribution < 1.29 is 0 Å². The maximum atomic E-state index is 4.14. The summed E-state index contributed by atoms with van der Waals surface area (Å²) in [6.45, 7) is 3.44. The Morgan fingerprint density at radius 1 is 1.60 bits per heavy atom. The van der Waals surface area contributed by atoms with E-state index in [1.807, 2.05) is 6.20 Å². The lowest BCUT2D eigenvalue weighted by atomic mass is 10.0. The lowest BCUT2D eigenvalue weighted by molar-refractivity contribution is 0.309. The molecule has 0 spiro atoms. The molecule has 54 valence electrons. The molecule has 2 aliphatic heterocycles. The minimum atomic E-state index is 0.245. The summed E-state index contributed by atoms with van der Waals surface area (Å²) in [5.41, 5.74) is 0.245. The Balaban J connectivity index is 2.30. The third-order valence-electron chi connectivity index (χ3n) is 2.42. The average molecular weight is 136 g/mol. The summed E-state index contributed by atoms with van der Waals surface area (Å²) in [7, 11) is 0. The Kier molecular flexibility index (Phi) is 1.10. The van der Waals surface area contributed by atoms with Crippen molar-refractivity contribution in [2.45, 2.75) is 25.3 Å². The SMILES string of the molecule is CC12C=NC=CN1CCC2. The van der Waals surface area contributed by atoms with Gasteiger partial charge in [0, 0.05) is 25.2 Å². The van der Waals surface area contributed by atoms with Crippen LogP contribution < -0.4 is 0 Å². The highest BCUT2D eigenvalue weighted by Crippen LogP contribution is 2.28. The third kappa shape index (κ3) is 0.681. The first-order valence-corrected chi connectivity index (χ1v) is 3.79. The van der Waals surface area contributed by atoms with E-state index in [9.17, 15) is 0 Å². The van der Waals surface area contributed by atoms with E-state index in [1.165, 1.54) is 19.4 Å². The number of nitrogens with zero attached hydrogens (tertiary/aromatic N) is 2. The van der Waals surface area contributed by atoms with Crippen LogP contribution in [0.3, 0.4) is 0 Å². The highest BCUT2D eigenvalue weighted by atomic mass is 15.2. The first kappa shape index (κ1) is 5.96. The van der Waals surface area contributed by atoms with Crippen LogP contribution in [0.1, 0.15) is 19.8 Å². The molecule has 2 nitrogen and oxygen atoms in total. The minimum Gasteiger partial charge on any atom is -0.366 e. The van der Waals surface area contributed by atoms with Crippen LogP contribution in [0.2, 0.25) is 0 Å². The lowest BCUT2D eigenvalue weighted by Gasteiger charge is -2.32. The van der Waals surface area contributed by atoms with Gasteiger partial charge >= 0.3 is 0 Å². The van der Waals surface area contributed by atoms with Gasteiger partial charge in [0.1, 0.15) is 0 Å². The van der Waals surface area contributed by atoms with Crippen LogP contribution >= 0.6 is 0 Å². The van der Waals surface area contributed by atoms with E-state index >= 15 is 0 Å². The molecule has 0 amide bonds. The molecule has 2 rings (SSSR count). The van der Waals surface area contributed by atoms with Crippen LogP contribution in [0.5, 0.6) is 0 Å². The molecular weight excluding hydrogens is 124 g/mol. The first-order chi connectivity index (χ1) is 4.81. The average Bonchev–Trinajstić information content (AvgIpc) is 2.29. The van der Waals surface area contributed by atoms with Gasteiger partial charge in [-0.05, 0) is 19.8 Å². The molecule has 10 heavy (non-hydrogen) atoms. The molecule has 2 heterocycles. The lowest BCUT2D eigenvalue weighted by Crippen LogP contribution is -2.40. The summed E-state index contributed by atoms with van der Waals surface area (Å²) >= 11 is 0. The highest BCUT2D eigenvalue weighted by molar-refractivity contribution is 5.72. The van der Waals surface area contributed by atoms with E-state index < -0.39 is 0 Å². The summed E-state index contributed by atoms with van der Waals surface area (Å²) < 4.78 is 0. The van der Waals surface area contributed by atoms with Crippen LogP contribution in [0, 0.1) is 0 Å². The predicted octanol–water partition coefficient (Wildman–Crippen LogP) is 1.40. The molecule has 0 aliphatic carbocycles. The van der Waals surface area contributed by atoms with E-state index in [0.717, 1.165) is 0 Å². The fourth-order valence-electron chi connectivity index (χ4n) is 1.71. The standard InChI is InChI=1S/C8H12N2/c1-8-3-2-5-10(8)6-4-9-7-8/h4,6-7H,2-3,5H2,1H3. The van der Waals surface area contributed by atoms with Crippen molar-refractivity contribution in [1.82, 2.24) is 4.90 Å². The Morgan fingerprint density at radius 2 is 2.50 bits per heavy atom. The molecule has 0 aromatic rings. The topological polar surface area (TPSA) is 15.6 Å². The van der Waals surface area contributed by atoms with Gasteiger partial charge in [0.2, 0.25) is 0 Å². The van der Waals surface area contributed by atoms with Crippen molar-refractivity contribution in [1.29, 1.82) is 0 Å².